The molecule has 1 aliphatic heterocycles. The molecule has 0 saturated heterocycles. The summed E-state index contributed by atoms with van der Waals surface area (Å²) in [5.74, 6) is -0.0377. The molecule has 1 N–H and O–H groups in total. The van der Waals surface area contributed by atoms with Gasteiger partial charge in [-0.15, -0.1) is 0 Å². The van der Waals surface area contributed by atoms with Gasteiger partial charge in [-0.2, -0.15) is 0 Å². The Bertz CT molecular complexity index is 1140. The van der Waals surface area contributed by atoms with Crippen molar-refractivity contribution in [1.82, 2.24) is 0 Å². The quantitative estimate of drug-likeness (QED) is 0.728. The van der Waals surface area contributed by atoms with Crippen molar-refractivity contribution in [2.24, 2.45) is 0 Å². The molecule has 0 atom stereocenters. The molecule has 142 valence electrons. The summed E-state index contributed by atoms with van der Waals surface area (Å²) in [6.45, 7) is 2.10. The zero-order valence-electron chi connectivity index (χ0n) is 15.4. The molecule has 0 bridgehead atoms. The molecule has 0 spiro atoms. The van der Waals surface area contributed by atoms with Crippen molar-refractivity contribution in [3.8, 4) is 11.1 Å². The van der Waals surface area contributed by atoms with Gasteiger partial charge in [0, 0.05) is 24.7 Å². The molecule has 1 amide bonds. The average molecular weight is 392 g/mol. The molecule has 0 radical (unpaired) electrons. The van der Waals surface area contributed by atoms with Crippen LogP contribution in [0.2, 0.25) is 0 Å². The summed E-state index contributed by atoms with van der Waals surface area (Å²) >= 11 is 0. The van der Waals surface area contributed by atoms with Gasteiger partial charge in [-0.3, -0.25) is 9.52 Å². The Morgan fingerprint density at radius 3 is 2.43 bits per heavy atom. The van der Waals surface area contributed by atoms with E-state index in [1.165, 1.54) is 6.92 Å². The molecular weight excluding hydrogens is 372 g/mol. The van der Waals surface area contributed by atoms with Gasteiger partial charge < -0.3 is 4.90 Å². The van der Waals surface area contributed by atoms with Gasteiger partial charge in [0.25, 0.3) is 10.0 Å². The molecule has 0 saturated carbocycles. The molecule has 1 heterocycles. The fourth-order valence-electron chi connectivity index (χ4n) is 3.52. The number of carbonyl (C=O) groups is 1. The Balaban J connectivity index is 1.68. The van der Waals surface area contributed by atoms with E-state index in [1.54, 1.807) is 35.2 Å². The van der Waals surface area contributed by atoms with E-state index in [4.69, 9.17) is 0 Å². The first-order valence-electron chi connectivity index (χ1n) is 9.04. The molecule has 28 heavy (non-hydrogen) atoms. The van der Waals surface area contributed by atoms with E-state index in [0.717, 1.165) is 22.4 Å². The lowest BCUT2D eigenvalue weighted by molar-refractivity contribution is -0.116. The van der Waals surface area contributed by atoms with Crippen LogP contribution in [0.4, 0.5) is 11.4 Å². The number of nitrogens with zero attached hydrogens (tertiary/aromatic N) is 1. The van der Waals surface area contributed by atoms with E-state index in [2.05, 4.69) is 4.72 Å². The molecule has 0 unspecified atom stereocenters. The summed E-state index contributed by atoms with van der Waals surface area (Å²) in [6, 6.07) is 21.9. The first kappa shape index (κ1) is 18.3. The maximum absolute atomic E-state index is 13.0. The minimum absolute atomic E-state index is 0.0377. The standard InChI is InChI=1S/C22H20N2O3S/c1-16(25)24-14-13-18-15-19(11-12-22(18)24)28(26,27)23-21-10-6-5-9-20(21)17-7-3-2-4-8-17/h2-12,15,23H,13-14H2,1H3. The van der Waals surface area contributed by atoms with Crippen molar-refractivity contribution >= 4 is 27.3 Å². The minimum atomic E-state index is -3.76. The third kappa shape index (κ3) is 3.39. The molecule has 1 aliphatic rings. The second kappa shape index (κ2) is 7.13. The SMILES string of the molecule is CC(=O)N1CCc2cc(S(=O)(=O)Nc3ccccc3-c3ccccc3)ccc21. The molecule has 4 rings (SSSR count). The normalized spacial score (nSPS) is 13.2. The molecule has 0 fully saturated rings. The topological polar surface area (TPSA) is 66.5 Å². The number of carbonyl (C=O) groups excluding carboxylic acids is 1. The van der Waals surface area contributed by atoms with E-state index in [9.17, 15) is 13.2 Å². The van der Waals surface area contributed by atoms with Gasteiger partial charge in [-0.25, -0.2) is 8.42 Å². The van der Waals surface area contributed by atoms with Gasteiger partial charge in [0.1, 0.15) is 0 Å². The molecule has 0 aliphatic carbocycles. The summed E-state index contributed by atoms with van der Waals surface area (Å²) in [7, 11) is -3.76. The van der Waals surface area contributed by atoms with E-state index in [1.807, 2.05) is 42.5 Å². The van der Waals surface area contributed by atoms with Crippen LogP contribution in [0.5, 0.6) is 0 Å². The summed E-state index contributed by atoms with van der Waals surface area (Å²) in [6.07, 6.45) is 0.652. The number of anilines is 2. The Morgan fingerprint density at radius 1 is 0.964 bits per heavy atom. The van der Waals surface area contributed by atoms with E-state index < -0.39 is 10.0 Å². The highest BCUT2D eigenvalue weighted by molar-refractivity contribution is 7.92. The largest absolute Gasteiger partial charge is 0.312 e. The summed E-state index contributed by atoms with van der Waals surface area (Å²) in [5, 5.41) is 0. The maximum Gasteiger partial charge on any atom is 0.261 e. The van der Waals surface area contributed by atoms with Crippen LogP contribution in [0.3, 0.4) is 0 Å². The lowest BCUT2D eigenvalue weighted by atomic mass is 10.0. The number of benzene rings is 3. The monoisotopic (exact) mass is 392 g/mol. The lowest BCUT2D eigenvalue weighted by Gasteiger charge is -2.16. The molecule has 3 aromatic rings. The van der Waals surface area contributed by atoms with Crippen molar-refractivity contribution in [2.45, 2.75) is 18.2 Å². The first-order valence-corrected chi connectivity index (χ1v) is 10.5. The zero-order valence-corrected chi connectivity index (χ0v) is 16.2. The summed E-state index contributed by atoms with van der Waals surface area (Å²) < 4.78 is 28.7. The number of amides is 1. The van der Waals surface area contributed by atoms with E-state index in [-0.39, 0.29) is 10.8 Å². The Labute approximate surface area is 164 Å². The minimum Gasteiger partial charge on any atom is -0.312 e. The molecule has 5 nitrogen and oxygen atoms in total. The lowest BCUT2D eigenvalue weighted by Crippen LogP contribution is -2.25. The van der Waals surface area contributed by atoms with Crippen LogP contribution in [0.25, 0.3) is 11.1 Å². The first-order chi connectivity index (χ1) is 13.5. The van der Waals surface area contributed by atoms with Gasteiger partial charge in [-0.1, -0.05) is 48.5 Å². The second-order valence-corrected chi connectivity index (χ2v) is 8.41. The van der Waals surface area contributed by atoms with Crippen LogP contribution >= 0.6 is 0 Å². The van der Waals surface area contributed by atoms with Gasteiger partial charge in [0.05, 0.1) is 10.6 Å². The van der Waals surface area contributed by atoms with Gasteiger partial charge >= 0.3 is 0 Å². The predicted molar refractivity (Wildman–Crippen MR) is 111 cm³/mol. The number of rotatable bonds is 4. The molecule has 0 aromatic heterocycles. The number of hydrogen-bond donors (Lipinski definition) is 1. The van der Waals surface area contributed by atoms with Gasteiger partial charge in [-0.05, 0) is 41.8 Å². The predicted octanol–water partition coefficient (Wildman–Crippen LogP) is 4.06. The maximum atomic E-state index is 13.0. The smallest absolute Gasteiger partial charge is 0.261 e. The number of para-hydroxylation sites is 1. The van der Waals surface area contributed by atoms with E-state index in [0.29, 0.717) is 18.7 Å². The fraction of sp³-hybridized carbons (Fsp3) is 0.136. The number of hydrogen-bond acceptors (Lipinski definition) is 3. The zero-order chi connectivity index (χ0) is 19.7. The third-order valence-corrected chi connectivity index (χ3v) is 6.26. The highest BCUT2D eigenvalue weighted by Gasteiger charge is 2.25. The van der Waals surface area contributed by atoms with Crippen molar-refractivity contribution in [2.75, 3.05) is 16.2 Å². The van der Waals surface area contributed by atoms with Crippen molar-refractivity contribution in [3.05, 3.63) is 78.4 Å². The van der Waals surface area contributed by atoms with Crippen LogP contribution in [-0.4, -0.2) is 20.9 Å². The van der Waals surface area contributed by atoms with Crippen LogP contribution in [-0.2, 0) is 21.2 Å². The third-order valence-electron chi connectivity index (χ3n) is 4.89. The summed E-state index contributed by atoms with van der Waals surface area (Å²) in [4.78, 5) is 13.6. The Kier molecular flexibility index (Phi) is 4.65. The van der Waals surface area contributed by atoms with Crippen LogP contribution in [0, 0.1) is 0 Å². The van der Waals surface area contributed by atoms with Gasteiger partial charge in [0.15, 0.2) is 0 Å². The van der Waals surface area contributed by atoms with Crippen molar-refractivity contribution < 1.29 is 13.2 Å². The molecule has 3 aromatic carbocycles. The van der Waals surface area contributed by atoms with Crippen LogP contribution < -0.4 is 9.62 Å². The summed E-state index contributed by atoms with van der Waals surface area (Å²) in [5.41, 5.74) is 3.94. The van der Waals surface area contributed by atoms with Crippen LogP contribution in [0.15, 0.2) is 77.7 Å². The van der Waals surface area contributed by atoms with Crippen LogP contribution in [0.1, 0.15) is 12.5 Å². The molecule has 6 heteroatoms. The van der Waals surface area contributed by atoms with E-state index >= 15 is 0 Å². The highest BCUT2D eigenvalue weighted by Crippen LogP contribution is 2.32. The van der Waals surface area contributed by atoms with Crippen molar-refractivity contribution in [1.29, 1.82) is 0 Å². The van der Waals surface area contributed by atoms with Gasteiger partial charge in [0.2, 0.25) is 5.91 Å². The van der Waals surface area contributed by atoms with Crippen molar-refractivity contribution in [3.63, 3.8) is 0 Å². The number of sulfonamides is 1. The Hall–Kier alpha value is -3.12. The Morgan fingerprint density at radius 2 is 1.68 bits per heavy atom. The highest BCUT2D eigenvalue weighted by atomic mass is 32.2. The number of nitrogens with one attached hydrogen (secondary N) is 1. The number of fused-ring (bicyclic) bond motifs is 1. The second-order valence-electron chi connectivity index (χ2n) is 6.73. The average Bonchev–Trinajstić information content (AvgIpc) is 3.12. The fourth-order valence-corrected chi connectivity index (χ4v) is 4.65. The molecular formula is C22H20N2O3S.